The van der Waals surface area contributed by atoms with Gasteiger partial charge in [0.25, 0.3) is 0 Å². The molecule has 1 rings (SSSR count). The third-order valence-corrected chi connectivity index (χ3v) is 3.46. The van der Waals surface area contributed by atoms with Crippen molar-refractivity contribution in [3.05, 3.63) is 35.9 Å². The summed E-state index contributed by atoms with van der Waals surface area (Å²) in [6.07, 6.45) is 0.645. The molecule has 0 saturated heterocycles. The highest BCUT2D eigenvalue weighted by molar-refractivity contribution is 7.98. The second-order valence-electron chi connectivity index (χ2n) is 5.47. The Morgan fingerprint density at radius 3 is 2.53 bits per heavy atom. The van der Waals surface area contributed by atoms with Gasteiger partial charge < -0.3 is 10.5 Å². The quantitative estimate of drug-likeness (QED) is 0.643. The maximum absolute atomic E-state index is 11.7. The molecule has 4 heteroatoms. The lowest BCUT2D eigenvalue weighted by Crippen LogP contribution is -2.37. The van der Waals surface area contributed by atoms with Crippen LogP contribution in [0.5, 0.6) is 0 Å². The lowest BCUT2D eigenvalue weighted by Gasteiger charge is -2.22. The van der Waals surface area contributed by atoms with Crippen LogP contribution >= 0.6 is 11.8 Å². The number of esters is 1. The lowest BCUT2D eigenvalue weighted by atomic mass is 10.2. The van der Waals surface area contributed by atoms with E-state index >= 15 is 0 Å². The smallest absolute Gasteiger partial charge is 0.323 e. The van der Waals surface area contributed by atoms with Gasteiger partial charge in [-0.1, -0.05) is 30.3 Å². The zero-order valence-corrected chi connectivity index (χ0v) is 12.7. The van der Waals surface area contributed by atoms with Crippen LogP contribution in [0.4, 0.5) is 0 Å². The molecule has 0 fully saturated rings. The van der Waals surface area contributed by atoms with Crippen molar-refractivity contribution in [2.75, 3.05) is 5.75 Å². The van der Waals surface area contributed by atoms with Gasteiger partial charge in [-0.05, 0) is 38.5 Å². The SMILES string of the molecule is CC(C)(C)OC(=O)[C@@H](N)CCSCc1ccccc1. The minimum absolute atomic E-state index is 0.312. The van der Waals surface area contributed by atoms with Crippen molar-refractivity contribution >= 4 is 17.7 Å². The molecule has 0 aliphatic heterocycles. The molecule has 0 saturated carbocycles. The molecule has 0 unspecified atom stereocenters. The molecule has 0 aliphatic rings. The lowest BCUT2D eigenvalue weighted by molar-refractivity contribution is -0.156. The molecule has 0 aliphatic carbocycles. The van der Waals surface area contributed by atoms with E-state index in [0.717, 1.165) is 11.5 Å². The Kier molecular flexibility index (Phi) is 6.38. The van der Waals surface area contributed by atoms with Crippen molar-refractivity contribution in [3.8, 4) is 0 Å². The fourth-order valence-corrected chi connectivity index (χ4v) is 2.46. The van der Waals surface area contributed by atoms with Gasteiger partial charge in [0.15, 0.2) is 0 Å². The Morgan fingerprint density at radius 2 is 1.95 bits per heavy atom. The first kappa shape index (κ1) is 16.1. The summed E-state index contributed by atoms with van der Waals surface area (Å²) in [6.45, 7) is 5.55. The average Bonchev–Trinajstić information content (AvgIpc) is 2.33. The number of hydrogen-bond acceptors (Lipinski definition) is 4. The summed E-state index contributed by atoms with van der Waals surface area (Å²) in [5.74, 6) is 1.49. The summed E-state index contributed by atoms with van der Waals surface area (Å²) >= 11 is 1.78. The Balaban J connectivity index is 2.20. The highest BCUT2D eigenvalue weighted by Crippen LogP contribution is 2.14. The summed E-state index contributed by atoms with van der Waals surface area (Å²) in [5, 5.41) is 0. The van der Waals surface area contributed by atoms with Gasteiger partial charge in [-0.2, -0.15) is 11.8 Å². The molecule has 1 aromatic carbocycles. The van der Waals surface area contributed by atoms with Crippen LogP contribution in [0.1, 0.15) is 32.8 Å². The molecule has 0 radical (unpaired) electrons. The van der Waals surface area contributed by atoms with Gasteiger partial charge in [0, 0.05) is 5.75 Å². The van der Waals surface area contributed by atoms with Crippen LogP contribution in [0.2, 0.25) is 0 Å². The normalized spacial score (nSPS) is 13.1. The van der Waals surface area contributed by atoms with Gasteiger partial charge in [0.2, 0.25) is 0 Å². The molecule has 106 valence electrons. The first-order valence-electron chi connectivity index (χ1n) is 6.48. The minimum atomic E-state index is -0.525. The Morgan fingerprint density at radius 1 is 1.32 bits per heavy atom. The average molecular weight is 281 g/mol. The summed E-state index contributed by atoms with van der Waals surface area (Å²) in [4.78, 5) is 11.7. The highest BCUT2D eigenvalue weighted by atomic mass is 32.2. The van der Waals surface area contributed by atoms with Crippen molar-refractivity contribution in [2.45, 2.75) is 44.6 Å². The Hall–Kier alpha value is -1.00. The maximum Gasteiger partial charge on any atom is 0.323 e. The van der Waals surface area contributed by atoms with Gasteiger partial charge in [-0.3, -0.25) is 4.79 Å². The first-order valence-corrected chi connectivity index (χ1v) is 7.64. The van der Waals surface area contributed by atoms with E-state index in [4.69, 9.17) is 10.5 Å². The molecule has 0 bridgehead atoms. The largest absolute Gasteiger partial charge is 0.459 e. The number of carbonyl (C=O) groups excluding carboxylic acids is 1. The third kappa shape index (κ3) is 7.23. The van der Waals surface area contributed by atoms with Gasteiger partial charge in [0.1, 0.15) is 11.6 Å². The Bertz CT molecular complexity index is 387. The zero-order valence-electron chi connectivity index (χ0n) is 11.9. The van der Waals surface area contributed by atoms with E-state index in [1.54, 1.807) is 11.8 Å². The minimum Gasteiger partial charge on any atom is -0.459 e. The molecule has 1 aromatic rings. The monoisotopic (exact) mass is 281 g/mol. The molecule has 2 N–H and O–H groups in total. The predicted octanol–water partition coefficient (Wildman–Crippen LogP) is 2.98. The van der Waals surface area contributed by atoms with Crippen LogP contribution in [0.25, 0.3) is 0 Å². The fraction of sp³-hybridized carbons (Fsp3) is 0.533. The summed E-state index contributed by atoms with van der Waals surface area (Å²) in [7, 11) is 0. The number of thioether (sulfide) groups is 1. The van der Waals surface area contributed by atoms with E-state index in [1.165, 1.54) is 5.56 Å². The molecule has 19 heavy (non-hydrogen) atoms. The third-order valence-electron chi connectivity index (χ3n) is 2.39. The molecular weight excluding hydrogens is 258 g/mol. The molecule has 0 spiro atoms. The van der Waals surface area contributed by atoms with Crippen LogP contribution in [0.15, 0.2) is 30.3 Å². The molecule has 0 aromatic heterocycles. The number of rotatable bonds is 6. The van der Waals surface area contributed by atoms with E-state index in [1.807, 2.05) is 39.0 Å². The van der Waals surface area contributed by atoms with Crippen molar-refractivity contribution < 1.29 is 9.53 Å². The number of ether oxygens (including phenoxy) is 1. The van der Waals surface area contributed by atoms with Crippen LogP contribution in [0.3, 0.4) is 0 Å². The van der Waals surface area contributed by atoms with Crippen LogP contribution in [-0.4, -0.2) is 23.4 Å². The van der Waals surface area contributed by atoms with E-state index in [0.29, 0.717) is 6.42 Å². The molecule has 3 nitrogen and oxygen atoms in total. The van der Waals surface area contributed by atoms with E-state index in [9.17, 15) is 4.79 Å². The number of benzene rings is 1. The van der Waals surface area contributed by atoms with Crippen molar-refractivity contribution in [2.24, 2.45) is 5.73 Å². The second-order valence-corrected chi connectivity index (χ2v) is 6.57. The number of carbonyl (C=O) groups is 1. The van der Waals surface area contributed by atoms with E-state index in [-0.39, 0.29) is 5.97 Å². The molecule has 0 heterocycles. The van der Waals surface area contributed by atoms with E-state index < -0.39 is 11.6 Å². The number of nitrogens with two attached hydrogens (primary N) is 1. The van der Waals surface area contributed by atoms with Gasteiger partial charge in [0.05, 0.1) is 0 Å². The van der Waals surface area contributed by atoms with Crippen molar-refractivity contribution in [1.29, 1.82) is 0 Å². The Labute approximate surface area is 119 Å². The van der Waals surface area contributed by atoms with Crippen molar-refractivity contribution in [3.63, 3.8) is 0 Å². The van der Waals surface area contributed by atoms with Crippen LogP contribution < -0.4 is 5.73 Å². The highest BCUT2D eigenvalue weighted by Gasteiger charge is 2.21. The first-order chi connectivity index (χ1) is 8.88. The standard InChI is InChI=1S/C15H23NO2S/c1-15(2,3)18-14(17)13(16)9-10-19-11-12-7-5-4-6-8-12/h4-8,13H,9-11,16H2,1-3H3/t13-/m0/s1. The second kappa shape index (κ2) is 7.56. The predicted molar refractivity (Wildman–Crippen MR) is 81.0 cm³/mol. The summed E-state index contributed by atoms with van der Waals surface area (Å²) in [6, 6.07) is 9.74. The maximum atomic E-state index is 11.7. The topological polar surface area (TPSA) is 52.3 Å². The van der Waals surface area contributed by atoms with Gasteiger partial charge in [-0.15, -0.1) is 0 Å². The molecule has 0 amide bonds. The number of hydrogen-bond donors (Lipinski definition) is 1. The molecular formula is C15H23NO2S. The van der Waals surface area contributed by atoms with Gasteiger partial charge in [-0.25, -0.2) is 0 Å². The summed E-state index contributed by atoms with van der Waals surface area (Å²) < 4.78 is 5.24. The van der Waals surface area contributed by atoms with Crippen LogP contribution in [0, 0.1) is 0 Å². The zero-order chi connectivity index (χ0) is 14.3. The van der Waals surface area contributed by atoms with E-state index in [2.05, 4.69) is 12.1 Å². The summed E-state index contributed by atoms with van der Waals surface area (Å²) in [5.41, 5.74) is 6.64. The van der Waals surface area contributed by atoms with Gasteiger partial charge >= 0.3 is 5.97 Å². The fourth-order valence-electron chi connectivity index (χ4n) is 1.47. The van der Waals surface area contributed by atoms with Crippen molar-refractivity contribution in [1.82, 2.24) is 0 Å². The molecule has 1 atom stereocenters. The van der Waals surface area contributed by atoms with Crippen LogP contribution in [-0.2, 0) is 15.3 Å².